The zero-order valence-corrected chi connectivity index (χ0v) is 22.2. The number of rotatable bonds is 12. The summed E-state index contributed by atoms with van der Waals surface area (Å²) in [7, 11) is 0. The molecule has 0 saturated heterocycles. The lowest BCUT2D eigenvalue weighted by Crippen LogP contribution is -2.25. The third-order valence-electron chi connectivity index (χ3n) is 6.23. The number of nitrogens with zero attached hydrogens (tertiary/aromatic N) is 3. The summed E-state index contributed by atoms with van der Waals surface area (Å²) in [5.41, 5.74) is 4.64. The van der Waals surface area contributed by atoms with Crippen molar-refractivity contribution in [3.8, 4) is 5.75 Å². The Morgan fingerprint density at radius 1 is 1.02 bits per heavy atom. The van der Waals surface area contributed by atoms with Crippen molar-refractivity contribution in [2.45, 2.75) is 13.2 Å². The lowest BCUT2D eigenvalue weighted by atomic mass is 10.1. The van der Waals surface area contributed by atoms with Gasteiger partial charge in [0.05, 0.1) is 23.7 Å². The van der Waals surface area contributed by atoms with Crippen LogP contribution in [0.25, 0.3) is 11.0 Å². The van der Waals surface area contributed by atoms with Gasteiger partial charge in [0, 0.05) is 30.5 Å². The Kier molecular flexibility index (Phi) is 8.65. The van der Waals surface area contributed by atoms with E-state index in [1.807, 2.05) is 35.0 Å². The second kappa shape index (κ2) is 12.7. The van der Waals surface area contributed by atoms with E-state index in [4.69, 9.17) is 21.4 Å². The first-order valence-corrected chi connectivity index (χ1v) is 13.1. The molecule has 0 radical (unpaired) electrons. The van der Waals surface area contributed by atoms with Crippen LogP contribution in [0.15, 0.2) is 85.3 Å². The van der Waals surface area contributed by atoms with Gasteiger partial charge < -0.3 is 25.0 Å². The number of hydrogen-bond donors (Lipinski definition) is 3. The van der Waals surface area contributed by atoms with Crippen LogP contribution in [-0.2, 0) is 13.2 Å². The first-order chi connectivity index (χ1) is 19.5. The highest BCUT2D eigenvalue weighted by Gasteiger charge is 2.12. The molecule has 0 bridgehead atoms. The molecule has 3 N–H and O–H groups in total. The van der Waals surface area contributed by atoms with Crippen molar-refractivity contribution in [1.82, 2.24) is 19.9 Å². The zero-order valence-electron chi connectivity index (χ0n) is 21.5. The third kappa shape index (κ3) is 6.63. The highest BCUT2D eigenvalue weighted by Crippen LogP contribution is 2.31. The van der Waals surface area contributed by atoms with E-state index in [2.05, 4.69) is 20.6 Å². The summed E-state index contributed by atoms with van der Waals surface area (Å²) < 4.78 is 21.3. The fraction of sp³-hybridized carbons (Fsp3) is 0.167. The fourth-order valence-corrected chi connectivity index (χ4v) is 4.49. The Balaban J connectivity index is 1.29. The molecule has 0 aliphatic rings. The maximum atomic E-state index is 13.4. The highest BCUT2D eigenvalue weighted by molar-refractivity contribution is 6.32. The van der Waals surface area contributed by atoms with Crippen LogP contribution in [0.2, 0.25) is 5.02 Å². The quantitative estimate of drug-likeness (QED) is 0.140. The largest absolute Gasteiger partial charge is 0.487 e. The van der Waals surface area contributed by atoms with Crippen LogP contribution in [-0.4, -0.2) is 45.1 Å². The van der Waals surface area contributed by atoms with E-state index in [9.17, 15) is 9.18 Å². The molecule has 5 rings (SSSR count). The molecule has 204 valence electrons. The van der Waals surface area contributed by atoms with E-state index in [0.29, 0.717) is 46.5 Å². The van der Waals surface area contributed by atoms with Crippen LogP contribution in [0, 0.1) is 5.82 Å². The minimum Gasteiger partial charge on any atom is -0.487 e. The summed E-state index contributed by atoms with van der Waals surface area (Å²) in [6, 6.07) is 20.9. The van der Waals surface area contributed by atoms with Crippen molar-refractivity contribution < 1.29 is 19.0 Å². The van der Waals surface area contributed by atoms with Gasteiger partial charge in [-0.05, 0) is 47.5 Å². The van der Waals surface area contributed by atoms with Gasteiger partial charge in [-0.2, -0.15) is 0 Å². The Morgan fingerprint density at radius 3 is 2.65 bits per heavy atom. The predicted octanol–water partition coefficient (Wildman–Crippen LogP) is 5.36. The summed E-state index contributed by atoms with van der Waals surface area (Å²) in [5.74, 6) is 0.748. The number of aliphatic hydroxyl groups is 1. The first kappa shape index (κ1) is 27.3. The molecule has 3 aromatic carbocycles. The van der Waals surface area contributed by atoms with Crippen LogP contribution < -0.4 is 15.4 Å². The van der Waals surface area contributed by atoms with Gasteiger partial charge in [0.15, 0.2) is 11.6 Å². The lowest BCUT2D eigenvalue weighted by molar-refractivity contribution is 0.0989. The number of aromatic nitrogens is 3. The van der Waals surface area contributed by atoms with Gasteiger partial charge in [0.25, 0.3) is 0 Å². The van der Waals surface area contributed by atoms with Crippen LogP contribution in [0.5, 0.6) is 5.75 Å². The van der Waals surface area contributed by atoms with Gasteiger partial charge in [0.1, 0.15) is 30.0 Å². The van der Waals surface area contributed by atoms with Crippen molar-refractivity contribution in [1.29, 1.82) is 0 Å². The van der Waals surface area contributed by atoms with Gasteiger partial charge in [-0.3, -0.25) is 4.79 Å². The predicted molar refractivity (Wildman–Crippen MR) is 153 cm³/mol. The van der Waals surface area contributed by atoms with Crippen molar-refractivity contribution in [2.24, 2.45) is 0 Å². The molecule has 0 spiro atoms. The monoisotopic (exact) mass is 559 g/mol. The number of benzene rings is 3. The number of Topliss-reactive ketones (excluding diaryl/α,β-unsaturated/α-hetero) is 1. The molecule has 2 aromatic heterocycles. The maximum Gasteiger partial charge on any atom is 0.176 e. The first-order valence-electron chi connectivity index (χ1n) is 12.7. The second-order valence-corrected chi connectivity index (χ2v) is 9.52. The molecule has 0 aliphatic carbocycles. The van der Waals surface area contributed by atoms with Crippen LogP contribution in [0.3, 0.4) is 0 Å². The highest BCUT2D eigenvalue weighted by atomic mass is 35.5. The molecular weight excluding hydrogens is 533 g/mol. The fourth-order valence-electron chi connectivity index (χ4n) is 4.25. The van der Waals surface area contributed by atoms with Crippen LogP contribution >= 0.6 is 11.6 Å². The van der Waals surface area contributed by atoms with E-state index in [1.165, 1.54) is 18.5 Å². The van der Waals surface area contributed by atoms with E-state index in [0.717, 1.165) is 16.6 Å². The van der Waals surface area contributed by atoms with Gasteiger partial charge in [0.2, 0.25) is 0 Å². The van der Waals surface area contributed by atoms with E-state index in [1.54, 1.807) is 36.4 Å². The van der Waals surface area contributed by atoms with Crippen LogP contribution in [0.4, 0.5) is 15.9 Å². The van der Waals surface area contributed by atoms with E-state index >= 15 is 0 Å². The van der Waals surface area contributed by atoms with Gasteiger partial charge in [-0.15, -0.1) is 0 Å². The Bertz CT molecular complexity index is 1620. The summed E-state index contributed by atoms with van der Waals surface area (Å²) in [6.45, 7) is 1.29. The topological polar surface area (TPSA) is 101 Å². The summed E-state index contributed by atoms with van der Waals surface area (Å²) in [6.07, 6.45) is 3.44. The minimum absolute atomic E-state index is 0.0115. The zero-order chi connectivity index (χ0) is 27.9. The molecular formula is C30H27ClFN5O3. The molecule has 0 fully saturated rings. The van der Waals surface area contributed by atoms with Gasteiger partial charge in [-0.25, -0.2) is 14.4 Å². The Hall–Kier alpha value is -4.31. The minimum atomic E-state index is -0.317. The molecule has 5 aromatic rings. The number of aliphatic hydroxyl groups excluding tert-OH is 1. The molecule has 0 saturated carbocycles. The molecule has 8 nitrogen and oxygen atoms in total. The van der Waals surface area contributed by atoms with Gasteiger partial charge >= 0.3 is 0 Å². The van der Waals surface area contributed by atoms with Gasteiger partial charge in [-0.1, -0.05) is 48.0 Å². The molecule has 10 heteroatoms. The van der Waals surface area contributed by atoms with Crippen LogP contribution in [0.1, 0.15) is 21.5 Å². The number of hydrogen-bond acceptors (Lipinski definition) is 7. The molecule has 40 heavy (non-hydrogen) atoms. The average Bonchev–Trinajstić information content (AvgIpc) is 3.37. The van der Waals surface area contributed by atoms with Crippen molar-refractivity contribution >= 4 is 39.9 Å². The molecule has 0 unspecified atom stereocenters. The number of ketones is 1. The van der Waals surface area contributed by atoms with Crippen molar-refractivity contribution in [3.63, 3.8) is 0 Å². The summed E-state index contributed by atoms with van der Waals surface area (Å²) in [4.78, 5) is 21.2. The standard InChI is InChI=1S/C30H27ClFN5O3/c31-25-15-24(8-9-28(25)40-18-21-2-1-3-23(32)14-21)36-30-29-26(34-19-35-30)10-12-37(29)17-20-4-6-22(7-5-20)27(39)16-33-11-13-38/h1-10,12,14-15,19,33,38H,11,13,16-18H2,(H,34,35,36). The normalized spacial score (nSPS) is 11.1. The third-order valence-corrected chi connectivity index (χ3v) is 6.53. The smallest absolute Gasteiger partial charge is 0.176 e. The van der Waals surface area contributed by atoms with Crippen molar-refractivity contribution in [3.05, 3.63) is 113 Å². The second-order valence-electron chi connectivity index (χ2n) is 9.11. The molecule has 0 aliphatic heterocycles. The SMILES string of the molecule is O=C(CNCCO)c1ccc(Cn2ccc3ncnc(Nc4ccc(OCc5cccc(F)c5)c(Cl)c4)c32)cc1. The maximum absolute atomic E-state index is 13.4. The number of ether oxygens (including phenoxy) is 1. The number of halogens is 2. The lowest BCUT2D eigenvalue weighted by Gasteiger charge is -2.13. The van der Waals surface area contributed by atoms with E-state index in [-0.39, 0.29) is 31.4 Å². The average molecular weight is 560 g/mol. The number of nitrogens with one attached hydrogen (secondary N) is 2. The number of anilines is 2. The van der Waals surface area contributed by atoms with Crippen molar-refractivity contribution in [2.75, 3.05) is 25.0 Å². The Labute approximate surface area is 235 Å². The number of carbonyl (C=O) groups is 1. The molecule has 0 amide bonds. The summed E-state index contributed by atoms with van der Waals surface area (Å²) in [5, 5.41) is 15.5. The summed E-state index contributed by atoms with van der Waals surface area (Å²) >= 11 is 6.48. The molecule has 0 atom stereocenters. The number of carbonyl (C=O) groups excluding carboxylic acids is 1. The Morgan fingerprint density at radius 2 is 1.88 bits per heavy atom. The van der Waals surface area contributed by atoms with E-state index < -0.39 is 0 Å². The number of fused-ring (bicyclic) bond motifs is 1. The molecule has 2 heterocycles.